The van der Waals surface area contributed by atoms with Gasteiger partial charge in [-0.15, -0.1) is 0 Å². The van der Waals surface area contributed by atoms with Gasteiger partial charge in [0.15, 0.2) is 0 Å². The van der Waals surface area contributed by atoms with Crippen molar-refractivity contribution >= 4 is 5.97 Å². The van der Waals surface area contributed by atoms with Gasteiger partial charge in [0.25, 0.3) is 0 Å². The number of carbonyl (C=O) groups is 1. The lowest BCUT2D eigenvalue weighted by Gasteiger charge is -2.21. The summed E-state index contributed by atoms with van der Waals surface area (Å²) in [6.45, 7) is 2.51. The summed E-state index contributed by atoms with van der Waals surface area (Å²) in [5.74, 6) is 0.0846. The third-order valence-corrected chi connectivity index (χ3v) is 2.29. The van der Waals surface area contributed by atoms with Crippen LogP contribution in [0.3, 0.4) is 0 Å². The highest BCUT2D eigenvalue weighted by Gasteiger charge is 2.14. The molecule has 1 unspecified atom stereocenters. The predicted octanol–water partition coefficient (Wildman–Crippen LogP) is 1.75. The van der Waals surface area contributed by atoms with Crippen molar-refractivity contribution in [2.75, 3.05) is 13.6 Å². The maximum atomic E-state index is 10.4. The van der Waals surface area contributed by atoms with Gasteiger partial charge in [-0.25, -0.2) is 0 Å². The number of carboxylic acid groups (broad SMARTS) is 1. The van der Waals surface area contributed by atoms with Gasteiger partial charge >= 0.3 is 5.97 Å². The molecule has 0 fully saturated rings. The van der Waals surface area contributed by atoms with E-state index in [-0.39, 0.29) is 12.5 Å². The van der Waals surface area contributed by atoms with Crippen LogP contribution in [0.4, 0.5) is 0 Å². The molecule has 1 heterocycles. The van der Waals surface area contributed by atoms with Gasteiger partial charge < -0.3 is 9.52 Å². The summed E-state index contributed by atoms with van der Waals surface area (Å²) >= 11 is 0. The van der Waals surface area contributed by atoms with E-state index in [0.717, 1.165) is 5.76 Å². The summed E-state index contributed by atoms with van der Waals surface area (Å²) in [5.41, 5.74) is 0. The van der Waals surface area contributed by atoms with Crippen LogP contribution in [0.5, 0.6) is 0 Å². The zero-order valence-electron chi connectivity index (χ0n) is 8.43. The molecule has 1 aromatic heterocycles. The molecule has 1 atom stereocenters. The Bertz CT molecular complexity index is 282. The molecule has 0 bridgehead atoms. The van der Waals surface area contributed by atoms with Crippen molar-refractivity contribution in [3.63, 3.8) is 0 Å². The Morgan fingerprint density at radius 3 is 2.93 bits per heavy atom. The van der Waals surface area contributed by atoms with Crippen molar-refractivity contribution in [3.8, 4) is 0 Å². The predicted molar refractivity (Wildman–Crippen MR) is 52.0 cm³/mol. The van der Waals surface area contributed by atoms with Crippen molar-refractivity contribution in [2.45, 2.75) is 19.4 Å². The molecular formula is C10H15NO3. The van der Waals surface area contributed by atoms with Crippen LogP contribution in [0.25, 0.3) is 0 Å². The summed E-state index contributed by atoms with van der Waals surface area (Å²) in [7, 11) is 1.89. The quantitative estimate of drug-likeness (QED) is 0.781. The first-order valence-electron chi connectivity index (χ1n) is 4.56. The van der Waals surface area contributed by atoms with Crippen LogP contribution in [0.15, 0.2) is 22.8 Å². The fourth-order valence-electron chi connectivity index (χ4n) is 1.21. The zero-order valence-corrected chi connectivity index (χ0v) is 8.43. The second-order valence-electron chi connectivity index (χ2n) is 3.32. The lowest BCUT2D eigenvalue weighted by molar-refractivity contribution is -0.137. The number of nitrogens with zero attached hydrogens (tertiary/aromatic N) is 1. The summed E-state index contributed by atoms with van der Waals surface area (Å²) in [6.07, 6.45) is 1.78. The minimum atomic E-state index is -0.775. The smallest absolute Gasteiger partial charge is 0.304 e. The van der Waals surface area contributed by atoms with Crippen LogP contribution in [-0.4, -0.2) is 29.6 Å². The second-order valence-corrected chi connectivity index (χ2v) is 3.32. The lowest BCUT2D eigenvalue weighted by atomic mass is 10.2. The molecule has 0 aliphatic heterocycles. The number of aliphatic carboxylic acids is 1. The fourth-order valence-corrected chi connectivity index (χ4v) is 1.21. The highest BCUT2D eigenvalue weighted by atomic mass is 16.4. The van der Waals surface area contributed by atoms with Crippen molar-refractivity contribution in [1.82, 2.24) is 4.90 Å². The molecule has 1 aromatic rings. The largest absolute Gasteiger partial charge is 0.481 e. The first-order valence-corrected chi connectivity index (χ1v) is 4.56. The summed E-state index contributed by atoms with van der Waals surface area (Å²) < 4.78 is 5.23. The van der Waals surface area contributed by atoms with Gasteiger partial charge in [0, 0.05) is 6.54 Å². The van der Waals surface area contributed by atoms with E-state index in [1.807, 2.05) is 31.0 Å². The molecule has 4 nitrogen and oxygen atoms in total. The molecule has 14 heavy (non-hydrogen) atoms. The third-order valence-electron chi connectivity index (χ3n) is 2.29. The molecule has 0 saturated carbocycles. The molecule has 0 aromatic carbocycles. The van der Waals surface area contributed by atoms with Crippen LogP contribution in [0.1, 0.15) is 25.1 Å². The van der Waals surface area contributed by atoms with Gasteiger partial charge in [-0.1, -0.05) is 0 Å². The standard InChI is InChI=1S/C10H15NO3/c1-8(9-4-3-7-14-9)11(2)6-5-10(12)13/h3-4,7-8H,5-6H2,1-2H3,(H,12,13). The minimum Gasteiger partial charge on any atom is -0.481 e. The monoisotopic (exact) mass is 197 g/mol. The van der Waals surface area contributed by atoms with E-state index in [1.165, 1.54) is 0 Å². The Morgan fingerprint density at radius 1 is 1.71 bits per heavy atom. The topological polar surface area (TPSA) is 53.7 Å². The van der Waals surface area contributed by atoms with E-state index >= 15 is 0 Å². The van der Waals surface area contributed by atoms with Crippen molar-refractivity contribution in [3.05, 3.63) is 24.2 Å². The molecule has 1 N–H and O–H groups in total. The Balaban J connectivity index is 2.44. The van der Waals surface area contributed by atoms with E-state index < -0.39 is 5.97 Å². The normalized spacial score (nSPS) is 13.1. The van der Waals surface area contributed by atoms with Crippen LogP contribution in [0, 0.1) is 0 Å². The van der Waals surface area contributed by atoms with Gasteiger partial charge in [0.1, 0.15) is 5.76 Å². The Morgan fingerprint density at radius 2 is 2.43 bits per heavy atom. The average Bonchev–Trinajstić information content (AvgIpc) is 2.65. The van der Waals surface area contributed by atoms with Gasteiger partial charge in [0.2, 0.25) is 0 Å². The molecule has 0 aliphatic rings. The lowest BCUT2D eigenvalue weighted by Crippen LogP contribution is -2.24. The van der Waals surface area contributed by atoms with E-state index in [9.17, 15) is 4.79 Å². The van der Waals surface area contributed by atoms with E-state index in [1.54, 1.807) is 6.26 Å². The Hall–Kier alpha value is -1.29. The maximum absolute atomic E-state index is 10.4. The van der Waals surface area contributed by atoms with E-state index in [0.29, 0.717) is 6.54 Å². The maximum Gasteiger partial charge on any atom is 0.304 e. The van der Waals surface area contributed by atoms with Crippen LogP contribution >= 0.6 is 0 Å². The van der Waals surface area contributed by atoms with Crippen molar-refractivity contribution in [2.24, 2.45) is 0 Å². The summed E-state index contributed by atoms with van der Waals surface area (Å²) in [5, 5.41) is 8.52. The summed E-state index contributed by atoms with van der Waals surface area (Å²) in [4.78, 5) is 12.3. The Kier molecular flexibility index (Phi) is 3.71. The molecule has 0 spiro atoms. The third kappa shape index (κ3) is 2.88. The molecule has 0 amide bonds. The highest BCUT2D eigenvalue weighted by molar-refractivity contribution is 5.66. The van der Waals surface area contributed by atoms with Crippen molar-refractivity contribution in [1.29, 1.82) is 0 Å². The molecule has 0 radical (unpaired) electrons. The van der Waals surface area contributed by atoms with Gasteiger partial charge in [0.05, 0.1) is 18.7 Å². The molecule has 4 heteroatoms. The number of rotatable bonds is 5. The van der Waals surface area contributed by atoms with E-state index in [2.05, 4.69) is 0 Å². The van der Waals surface area contributed by atoms with Gasteiger partial charge in [-0.05, 0) is 26.1 Å². The molecule has 78 valence electrons. The minimum absolute atomic E-state index is 0.115. The van der Waals surface area contributed by atoms with E-state index in [4.69, 9.17) is 9.52 Å². The van der Waals surface area contributed by atoms with Gasteiger partial charge in [-0.2, -0.15) is 0 Å². The highest BCUT2D eigenvalue weighted by Crippen LogP contribution is 2.18. The van der Waals surface area contributed by atoms with Crippen LogP contribution < -0.4 is 0 Å². The second kappa shape index (κ2) is 4.81. The summed E-state index contributed by atoms with van der Waals surface area (Å²) in [6, 6.07) is 3.84. The molecule has 1 rings (SSSR count). The fraction of sp³-hybridized carbons (Fsp3) is 0.500. The number of furan rings is 1. The number of hydrogen-bond acceptors (Lipinski definition) is 3. The van der Waals surface area contributed by atoms with Gasteiger partial charge in [-0.3, -0.25) is 9.69 Å². The van der Waals surface area contributed by atoms with Crippen LogP contribution in [-0.2, 0) is 4.79 Å². The first kappa shape index (κ1) is 10.8. The van der Waals surface area contributed by atoms with Crippen LogP contribution in [0.2, 0.25) is 0 Å². The molecule has 0 saturated heterocycles. The molecular weight excluding hydrogens is 182 g/mol. The Labute approximate surface area is 83.1 Å². The number of hydrogen-bond donors (Lipinski definition) is 1. The SMILES string of the molecule is CC(c1ccco1)N(C)CCC(=O)O. The van der Waals surface area contributed by atoms with Crippen molar-refractivity contribution < 1.29 is 14.3 Å². The average molecular weight is 197 g/mol. The first-order chi connectivity index (χ1) is 6.61. The molecule has 0 aliphatic carbocycles. The zero-order chi connectivity index (χ0) is 10.6. The number of carboxylic acids is 1.